The van der Waals surface area contributed by atoms with Crippen molar-refractivity contribution in [3.8, 4) is 24.3 Å². The van der Waals surface area contributed by atoms with Gasteiger partial charge in [-0.25, -0.2) is 4.39 Å². The smallest absolute Gasteiger partial charge is 0.161 e. The number of nitrogens with zero attached hydrogens (tertiary/aromatic N) is 4. The molecule has 1 rings (SSSR count). The number of halogens is 1. The van der Waals surface area contributed by atoms with E-state index in [1.807, 2.05) is 0 Å². The van der Waals surface area contributed by atoms with Crippen LogP contribution in [0.3, 0.4) is 0 Å². The van der Waals surface area contributed by atoms with Crippen molar-refractivity contribution in [2.75, 3.05) is 0 Å². The highest BCUT2D eigenvalue weighted by atomic mass is 19.1. The number of hydrogen-bond donors (Lipinski definition) is 0. The molecule has 16 heavy (non-hydrogen) atoms. The molecule has 5 heteroatoms. The summed E-state index contributed by atoms with van der Waals surface area (Å²) in [4.78, 5) is 0. The zero-order valence-electron chi connectivity index (χ0n) is 8.17. The Balaban J connectivity index is 3.98. The van der Waals surface area contributed by atoms with Crippen LogP contribution < -0.4 is 0 Å². The molecule has 0 N–H and O–H groups in total. The Bertz CT molecular complexity index is 522. The molecule has 74 valence electrons. The van der Waals surface area contributed by atoms with E-state index < -0.39 is 16.9 Å². The van der Waals surface area contributed by atoms with Gasteiger partial charge in [0, 0.05) is 0 Å². The molecule has 0 bridgehead atoms. The summed E-state index contributed by atoms with van der Waals surface area (Å²) in [6.07, 6.45) is 0. The van der Waals surface area contributed by atoms with Gasteiger partial charge in [0.25, 0.3) is 0 Å². The molecule has 0 aliphatic heterocycles. The van der Waals surface area contributed by atoms with Crippen LogP contribution in [-0.2, 0) is 0 Å². The zero-order chi connectivity index (χ0) is 12.3. The fourth-order valence-electron chi connectivity index (χ4n) is 1.33. The van der Waals surface area contributed by atoms with E-state index in [0.717, 1.165) is 0 Å². The second-order valence-corrected chi connectivity index (χ2v) is 2.89. The van der Waals surface area contributed by atoms with Gasteiger partial charge in [0.05, 0.1) is 11.1 Å². The first-order valence-electron chi connectivity index (χ1n) is 4.08. The van der Waals surface area contributed by atoms with Gasteiger partial charge in [-0.05, 0) is 12.5 Å². The highest BCUT2D eigenvalue weighted by molar-refractivity contribution is 5.63. The minimum absolute atomic E-state index is 0.152. The van der Waals surface area contributed by atoms with E-state index in [-0.39, 0.29) is 16.7 Å². The van der Waals surface area contributed by atoms with Crippen molar-refractivity contribution in [3.63, 3.8) is 0 Å². The van der Waals surface area contributed by atoms with Crippen LogP contribution in [0.15, 0.2) is 0 Å². The Morgan fingerprint density at radius 3 is 1.31 bits per heavy atom. The molecule has 0 atom stereocenters. The van der Waals surface area contributed by atoms with Crippen LogP contribution in [0, 0.1) is 58.1 Å². The van der Waals surface area contributed by atoms with Gasteiger partial charge in [-0.15, -0.1) is 0 Å². The predicted octanol–water partition coefficient (Wildman–Crippen LogP) is 1.62. The average molecular weight is 210 g/mol. The molecular formula is C11H3FN4. The molecule has 0 radical (unpaired) electrons. The van der Waals surface area contributed by atoms with Gasteiger partial charge in [-0.3, -0.25) is 0 Å². The fraction of sp³-hybridized carbons (Fsp3) is 0.0909. The van der Waals surface area contributed by atoms with Crippen LogP contribution in [0.25, 0.3) is 0 Å². The van der Waals surface area contributed by atoms with Crippen LogP contribution in [0.2, 0.25) is 0 Å². The molecule has 1 aromatic carbocycles. The molecule has 0 spiro atoms. The third-order valence-corrected chi connectivity index (χ3v) is 2.14. The maximum absolute atomic E-state index is 13.6. The van der Waals surface area contributed by atoms with E-state index in [2.05, 4.69) is 0 Å². The second kappa shape index (κ2) is 4.09. The Hall–Kier alpha value is -2.89. The maximum Gasteiger partial charge on any atom is 0.161 e. The Kier molecular flexibility index (Phi) is 2.86. The lowest BCUT2D eigenvalue weighted by Crippen LogP contribution is -2.02. The van der Waals surface area contributed by atoms with Crippen molar-refractivity contribution in [2.45, 2.75) is 6.92 Å². The van der Waals surface area contributed by atoms with E-state index in [4.69, 9.17) is 21.0 Å². The molecule has 0 aliphatic carbocycles. The molecule has 0 aliphatic rings. The first kappa shape index (κ1) is 11.2. The minimum atomic E-state index is -1.11. The van der Waals surface area contributed by atoms with Gasteiger partial charge in [-0.1, -0.05) is 0 Å². The van der Waals surface area contributed by atoms with Crippen LogP contribution in [0.1, 0.15) is 27.8 Å². The highest BCUT2D eigenvalue weighted by Gasteiger charge is 2.21. The SMILES string of the molecule is Cc1c(C#N)c(C#N)c(F)c(C#N)c1C#N. The summed E-state index contributed by atoms with van der Waals surface area (Å²) in [6, 6.07) is 6.36. The molecule has 0 fully saturated rings. The van der Waals surface area contributed by atoms with E-state index in [0.29, 0.717) is 0 Å². The Morgan fingerprint density at radius 1 is 0.750 bits per heavy atom. The first-order chi connectivity index (χ1) is 7.62. The molecular weight excluding hydrogens is 207 g/mol. The fourth-order valence-corrected chi connectivity index (χ4v) is 1.33. The monoisotopic (exact) mass is 210 g/mol. The van der Waals surface area contributed by atoms with Gasteiger partial charge >= 0.3 is 0 Å². The standard InChI is InChI=1S/C11H3FN4/c1-6-7(2-13)9(4-15)11(12)10(5-16)8(6)3-14/h1H3. The number of benzene rings is 1. The lowest BCUT2D eigenvalue weighted by Gasteiger charge is -2.06. The highest BCUT2D eigenvalue weighted by Crippen LogP contribution is 2.24. The summed E-state index contributed by atoms with van der Waals surface area (Å²) in [5, 5.41) is 35.0. The molecule has 1 aromatic rings. The quantitative estimate of drug-likeness (QED) is 0.649. The van der Waals surface area contributed by atoms with Crippen LogP contribution >= 0.6 is 0 Å². The lowest BCUT2D eigenvalue weighted by molar-refractivity contribution is 0.618. The van der Waals surface area contributed by atoms with Crippen LogP contribution in [0.4, 0.5) is 4.39 Å². The Labute approximate surface area is 91.0 Å². The van der Waals surface area contributed by atoms with Crippen molar-refractivity contribution in [3.05, 3.63) is 33.6 Å². The van der Waals surface area contributed by atoms with Crippen molar-refractivity contribution >= 4 is 0 Å². The van der Waals surface area contributed by atoms with E-state index in [9.17, 15) is 4.39 Å². The van der Waals surface area contributed by atoms with Crippen molar-refractivity contribution in [1.29, 1.82) is 21.0 Å². The topological polar surface area (TPSA) is 95.2 Å². The summed E-state index contributed by atoms with van der Waals surface area (Å²) in [5.74, 6) is -1.11. The van der Waals surface area contributed by atoms with Crippen molar-refractivity contribution in [1.82, 2.24) is 0 Å². The number of rotatable bonds is 0. The summed E-state index contributed by atoms with van der Waals surface area (Å²) < 4.78 is 13.6. The molecule has 0 amide bonds. The molecule has 0 saturated heterocycles. The zero-order valence-corrected chi connectivity index (χ0v) is 8.17. The second-order valence-electron chi connectivity index (χ2n) is 2.89. The third-order valence-electron chi connectivity index (χ3n) is 2.14. The van der Waals surface area contributed by atoms with E-state index >= 15 is 0 Å². The number of nitriles is 4. The normalized spacial score (nSPS) is 8.38. The van der Waals surface area contributed by atoms with Crippen molar-refractivity contribution < 1.29 is 4.39 Å². The van der Waals surface area contributed by atoms with Gasteiger partial charge in [-0.2, -0.15) is 21.0 Å². The number of hydrogen-bond acceptors (Lipinski definition) is 4. The van der Waals surface area contributed by atoms with E-state index in [1.165, 1.54) is 19.1 Å². The molecule has 0 heterocycles. The molecule has 0 unspecified atom stereocenters. The van der Waals surface area contributed by atoms with E-state index in [1.54, 1.807) is 12.1 Å². The lowest BCUT2D eigenvalue weighted by atomic mass is 9.93. The minimum Gasteiger partial charge on any atom is -0.204 e. The average Bonchev–Trinajstić information content (AvgIpc) is 2.30. The summed E-state index contributed by atoms with van der Waals surface area (Å²) >= 11 is 0. The predicted molar refractivity (Wildman–Crippen MR) is 50.0 cm³/mol. The molecule has 0 aromatic heterocycles. The first-order valence-corrected chi connectivity index (χ1v) is 4.08. The van der Waals surface area contributed by atoms with Gasteiger partial charge in [0.2, 0.25) is 0 Å². The summed E-state index contributed by atoms with van der Waals surface area (Å²) in [5.41, 5.74) is -1.23. The molecule has 0 saturated carbocycles. The van der Waals surface area contributed by atoms with Gasteiger partial charge in [0.15, 0.2) is 5.82 Å². The van der Waals surface area contributed by atoms with Crippen molar-refractivity contribution in [2.24, 2.45) is 0 Å². The summed E-state index contributed by atoms with van der Waals surface area (Å²) in [7, 11) is 0. The third kappa shape index (κ3) is 1.34. The Morgan fingerprint density at radius 2 is 1.06 bits per heavy atom. The van der Waals surface area contributed by atoms with Gasteiger partial charge in [0.1, 0.15) is 35.4 Å². The molecule has 4 nitrogen and oxygen atoms in total. The summed E-state index contributed by atoms with van der Waals surface area (Å²) in [6.45, 7) is 1.40. The van der Waals surface area contributed by atoms with Gasteiger partial charge < -0.3 is 0 Å². The maximum atomic E-state index is 13.6. The largest absolute Gasteiger partial charge is 0.204 e. The van der Waals surface area contributed by atoms with Crippen LogP contribution in [-0.4, -0.2) is 0 Å². The van der Waals surface area contributed by atoms with Crippen LogP contribution in [0.5, 0.6) is 0 Å².